The third-order valence-corrected chi connectivity index (χ3v) is 4.04. The number of fused-ring (bicyclic) bond motifs is 1. The average Bonchev–Trinajstić information content (AvgIpc) is 2.58. The molecule has 0 saturated heterocycles. The molecule has 3 rings (SSSR count). The van der Waals surface area contributed by atoms with Crippen LogP contribution in [-0.4, -0.2) is 28.1 Å². The van der Waals surface area contributed by atoms with Gasteiger partial charge >= 0.3 is 6.18 Å². The molecular weight excluding hydrogens is 335 g/mol. The second-order valence-corrected chi connectivity index (χ2v) is 5.84. The van der Waals surface area contributed by atoms with Crippen LogP contribution < -0.4 is 10.2 Å². The molecule has 0 fully saturated rings. The van der Waals surface area contributed by atoms with Crippen LogP contribution in [0.1, 0.15) is 28.1 Å². The third kappa shape index (κ3) is 3.70. The zero-order chi connectivity index (χ0) is 18.0. The predicted molar refractivity (Wildman–Crippen MR) is 83.7 cm³/mol. The van der Waals surface area contributed by atoms with Gasteiger partial charge in [0, 0.05) is 31.4 Å². The lowest BCUT2D eigenvalue weighted by Gasteiger charge is -2.30. The molecule has 0 aliphatic carbocycles. The van der Waals surface area contributed by atoms with Crippen molar-refractivity contribution in [3.05, 3.63) is 46.4 Å². The second kappa shape index (κ2) is 6.66. The molecule has 1 amide bonds. The summed E-state index contributed by atoms with van der Waals surface area (Å²) in [6.45, 7) is 3.04. The monoisotopic (exact) mass is 351 g/mol. The number of carbonyl (C=O) groups excluding carboxylic acids is 1. The summed E-state index contributed by atoms with van der Waals surface area (Å²) in [5, 5.41) is 10.7. The third-order valence-electron chi connectivity index (χ3n) is 4.04. The molecule has 1 aliphatic rings. The number of alkyl halides is 3. The summed E-state index contributed by atoms with van der Waals surface area (Å²) in [4.78, 5) is 16.2. The van der Waals surface area contributed by atoms with Gasteiger partial charge in [0.1, 0.15) is 0 Å². The Morgan fingerprint density at radius 2 is 2.12 bits per heavy atom. The summed E-state index contributed by atoms with van der Waals surface area (Å²) in [5.41, 5.74) is 1.95. The number of nitrogens with zero attached hydrogens (tertiary/aromatic N) is 4. The van der Waals surface area contributed by atoms with Crippen LogP contribution in [0.2, 0.25) is 0 Å². The van der Waals surface area contributed by atoms with Crippen molar-refractivity contribution in [1.82, 2.24) is 20.5 Å². The molecule has 132 valence electrons. The minimum absolute atomic E-state index is 0.277. The molecule has 25 heavy (non-hydrogen) atoms. The Morgan fingerprint density at radius 1 is 1.32 bits per heavy atom. The summed E-state index contributed by atoms with van der Waals surface area (Å²) in [7, 11) is 0. The standard InChI is InChI=1S/C16H16F3N5O/c1-10-4-13(7-20-9-25)22-23-15(10)24-3-2-14-11(8-24)5-12(6-21-14)16(17,18)19/h4-6,9H,2-3,7-8H2,1H3,(H,20,25). The number of amides is 1. The fourth-order valence-electron chi connectivity index (χ4n) is 2.84. The molecule has 0 atom stereocenters. The lowest BCUT2D eigenvalue weighted by molar-refractivity contribution is -0.137. The van der Waals surface area contributed by atoms with Crippen LogP contribution in [0.3, 0.4) is 0 Å². The highest BCUT2D eigenvalue weighted by atomic mass is 19.4. The Morgan fingerprint density at radius 3 is 2.80 bits per heavy atom. The van der Waals surface area contributed by atoms with Crippen molar-refractivity contribution in [2.45, 2.75) is 32.6 Å². The second-order valence-electron chi connectivity index (χ2n) is 5.84. The minimum Gasteiger partial charge on any atom is -0.353 e. The van der Waals surface area contributed by atoms with Crippen molar-refractivity contribution in [2.24, 2.45) is 0 Å². The molecule has 0 aromatic carbocycles. The van der Waals surface area contributed by atoms with Crippen LogP contribution in [-0.2, 0) is 30.5 Å². The number of aromatic nitrogens is 3. The topological polar surface area (TPSA) is 71.0 Å². The lowest BCUT2D eigenvalue weighted by atomic mass is 10.0. The maximum Gasteiger partial charge on any atom is 0.417 e. The van der Waals surface area contributed by atoms with Crippen molar-refractivity contribution in [3.8, 4) is 0 Å². The van der Waals surface area contributed by atoms with Crippen LogP contribution in [0.25, 0.3) is 0 Å². The summed E-state index contributed by atoms with van der Waals surface area (Å²) in [6.07, 6.45) is -2.40. The van der Waals surface area contributed by atoms with Gasteiger partial charge in [0.25, 0.3) is 0 Å². The van der Waals surface area contributed by atoms with Gasteiger partial charge in [-0.1, -0.05) is 0 Å². The van der Waals surface area contributed by atoms with Gasteiger partial charge in [0.15, 0.2) is 5.82 Å². The van der Waals surface area contributed by atoms with E-state index in [4.69, 9.17) is 0 Å². The number of nitrogens with one attached hydrogen (secondary N) is 1. The van der Waals surface area contributed by atoms with E-state index < -0.39 is 11.7 Å². The number of rotatable bonds is 4. The quantitative estimate of drug-likeness (QED) is 0.854. The van der Waals surface area contributed by atoms with Gasteiger partial charge in [-0.25, -0.2) is 0 Å². The van der Waals surface area contributed by atoms with Gasteiger partial charge in [0.2, 0.25) is 6.41 Å². The number of hydrogen-bond donors (Lipinski definition) is 1. The van der Waals surface area contributed by atoms with Crippen molar-refractivity contribution >= 4 is 12.2 Å². The fraction of sp³-hybridized carbons (Fsp3) is 0.375. The first-order valence-electron chi connectivity index (χ1n) is 7.68. The summed E-state index contributed by atoms with van der Waals surface area (Å²) < 4.78 is 38.6. The van der Waals surface area contributed by atoms with Crippen molar-refractivity contribution < 1.29 is 18.0 Å². The molecule has 6 nitrogen and oxygen atoms in total. The lowest BCUT2D eigenvalue weighted by Crippen LogP contribution is -2.33. The van der Waals surface area contributed by atoms with Crippen LogP contribution in [0.4, 0.5) is 19.0 Å². The smallest absolute Gasteiger partial charge is 0.353 e. The van der Waals surface area contributed by atoms with E-state index in [0.29, 0.717) is 48.7 Å². The first-order valence-corrected chi connectivity index (χ1v) is 7.68. The number of hydrogen-bond acceptors (Lipinski definition) is 5. The molecule has 0 bridgehead atoms. The van der Waals surface area contributed by atoms with E-state index in [1.807, 2.05) is 11.8 Å². The number of pyridine rings is 1. The maximum atomic E-state index is 12.9. The van der Waals surface area contributed by atoms with Gasteiger partial charge in [-0.05, 0) is 30.2 Å². The highest BCUT2D eigenvalue weighted by Crippen LogP contribution is 2.32. The number of aryl methyl sites for hydroxylation is 1. The molecule has 1 aliphatic heterocycles. The minimum atomic E-state index is -4.41. The molecule has 1 N–H and O–H groups in total. The molecule has 0 radical (unpaired) electrons. The molecule has 3 heterocycles. The van der Waals surface area contributed by atoms with Crippen LogP contribution in [0, 0.1) is 6.92 Å². The largest absolute Gasteiger partial charge is 0.417 e. The van der Waals surface area contributed by atoms with E-state index in [2.05, 4.69) is 20.5 Å². The Bertz CT molecular complexity index is 794. The van der Waals surface area contributed by atoms with E-state index in [1.54, 1.807) is 6.07 Å². The fourth-order valence-corrected chi connectivity index (χ4v) is 2.84. The first-order chi connectivity index (χ1) is 11.9. The molecule has 2 aromatic heterocycles. The van der Waals surface area contributed by atoms with Crippen LogP contribution in [0.15, 0.2) is 18.3 Å². The van der Waals surface area contributed by atoms with Gasteiger partial charge in [0.05, 0.1) is 17.8 Å². The Hall–Kier alpha value is -2.71. The van der Waals surface area contributed by atoms with Crippen molar-refractivity contribution in [1.29, 1.82) is 0 Å². The Balaban J connectivity index is 1.83. The molecule has 0 spiro atoms. The van der Waals surface area contributed by atoms with Crippen molar-refractivity contribution in [3.63, 3.8) is 0 Å². The van der Waals surface area contributed by atoms with E-state index in [9.17, 15) is 18.0 Å². The predicted octanol–water partition coefficient (Wildman–Crippen LogP) is 2.01. The molecule has 0 unspecified atom stereocenters. The summed E-state index contributed by atoms with van der Waals surface area (Å²) >= 11 is 0. The first kappa shape index (κ1) is 17.1. The highest BCUT2D eigenvalue weighted by Gasteiger charge is 2.32. The SMILES string of the molecule is Cc1cc(CNC=O)nnc1N1CCc2ncc(C(F)(F)F)cc2C1. The van der Waals surface area contributed by atoms with Crippen molar-refractivity contribution in [2.75, 3.05) is 11.4 Å². The van der Waals surface area contributed by atoms with E-state index >= 15 is 0 Å². The number of anilines is 1. The zero-order valence-corrected chi connectivity index (χ0v) is 13.5. The molecular formula is C16H16F3N5O. The number of carbonyl (C=O) groups is 1. The zero-order valence-electron chi connectivity index (χ0n) is 13.5. The van der Waals surface area contributed by atoms with Gasteiger partial charge < -0.3 is 10.2 Å². The summed E-state index contributed by atoms with van der Waals surface area (Å²) in [6, 6.07) is 2.96. The molecule has 0 saturated carbocycles. The Labute approximate surface area is 142 Å². The number of halogens is 3. The maximum absolute atomic E-state index is 12.9. The van der Waals surface area contributed by atoms with Gasteiger partial charge in [-0.3, -0.25) is 9.78 Å². The van der Waals surface area contributed by atoms with E-state index in [0.717, 1.165) is 17.8 Å². The molecule has 2 aromatic rings. The summed E-state index contributed by atoms with van der Waals surface area (Å²) in [5.74, 6) is 0.623. The Kier molecular flexibility index (Phi) is 4.56. The van der Waals surface area contributed by atoms with Gasteiger partial charge in [-0.2, -0.15) is 18.3 Å². The van der Waals surface area contributed by atoms with E-state index in [1.165, 1.54) is 0 Å². The normalized spacial score (nSPS) is 14.2. The highest BCUT2D eigenvalue weighted by molar-refractivity contribution is 5.49. The van der Waals surface area contributed by atoms with Gasteiger partial charge in [-0.15, -0.1) is 5.10 Å². The molecule has 9 heteroatoms. The van der Waals surface area contributed by atoms with E-state index in [-0.39, 0.29) is 6.54 Å². The van der Waals surface area contributed by atoms with Crippen LogP contribution in [0.5, 0.6) is 0 Å². The van der Waals surface area contributed by atoms with Crippen LogP contribution >= 0.6 is 0 Å². The average molecular weight is 351 g/mol.